The number of amides is 1. The van der Waals surface area contributed by atoms with Crippen LogP contribution in [0.3, 0.4) is 0 Å². The summed E-state index contributed by atoms with van der Waals surface area (Å²) in [5, 5.41) is 17.8. The average Bonchev–Trinajstić information content (AvgIpc) is 3.25. The summed E-state index contributed by atoms with van der Waals surface area (Å²) in [4.78, 5) is 24.3. The Kier molecular flexibility index (Phi) is 4.30. The van der Waals surface area contributed by atoms with E-state index in [4.69, 9.17) is 4.42 Å². The Morgan fingerprint density at radius 1 is 1.35 bits per heavy atom. The molecule has 1 aliphatic rings. The van der Waals surface area contributed by atoms with Crippen molar-refractivity contribution in [3.63, 3.8) is 0 Å². The minimum atomic E-state index is -0.585. The predicted molar refractivity (Wildman–Crippen MR) is 94.7 cm³/mol. The normalized spacial score (nSPS) is 22.6. The van der Waals surface area contributed by atoms with Crippen LogP contribution in [0.15, 0.2) is 58.2 Å². The van der Waals surface area contributed by atoms with E-state index in [0.29, 0.717) is 29.4 Å². The van der Waals surface area contributed by atoms with Gasteiger partial charge in [-0.3, -0.25) is 14.3 Å². The fourth-order valence-corrected chi connectivity index (χ4v) is 3.57. The number of rotatable bonds is 4. The van der Waals surface area contributed by atoms with Gasteiger partial charge in [-0.1, -0.05) is 0 Å². The molecule has 1 saturated carbocycles. The molecule has 134 valence electrons. The molecule has 1 fully saturated rings. The van der Waals surface area contributed by atoms with Gasteiger partial charge in [-0.05, 0) is 43.0 Å². The van der Waals surface area contributed by atoms with Gasteiger partial charge in [0.2, 0.25) is 0 Å². The van der Waals surface area contributed by atoms with E-state index < -0.39 is 6.10 Å². The Balaban J connectivity index is 1.45. The van der Waals surface area contributed by atoms with Gasteiger partial charge in [0.15, 0.2) is 5.43 Å². The molecule has 1 amide bonds. The van der Waals surface area contributed by atoms with Crippen molar-refractivity contribution >= 4 is 16.9 Å². The maximum absolute atomic E-state index is 12.5. The largest absolute Gasteiger partial charge is 0.464 e. The second kappa shape index (κ2) is 6.76. The van der Waals surface area contributed by atoms with Crippen LogP contribution >= 0.6 is 0 Å². The molecule has 1 aliphatic carbocycles. The Bertz CT molecular complexity index is 980. The number of carbonyl (C=O) groups excluding carboxylic acids is 1. The summed E-state index contributed by atoms with van der Waals surface area (Å²) in [5.41, 5.74) is 0.620. The maximum Gasteiger partial charge on any atom is 0.251 e. The lowest BCUT2D eigenvalue weighted by Crippen LogP contribution is -2.39. The molecule has 2 N–H and O–H groups in total. The highest BCUT2D eigenvalue weighted by Gasteiger charge is 2.34. The number of aliphatic hydroxyl groups excluding tert-OH is 1. The van der Waals surface area contributed by atoms with Gasteiger partial charge in [0, 0.05) is 30.6 Å². The number of fused-ring (bicyclic) bond motifs is 1. The summed E-state index contributed by atoms with van der Waals surface area (Å²) in [7, 11) is 0. The van der Waals surface area contributed by atoms with Gasteiger partial charge in [0.1, 0.15) is 5.58 Å². The van der Waals surface area contributed by atoms with E-state index in [0.717, 1.165) is 6.54 Å². The molecule has 2 heterocycles. The number of nitrogens with one attached hydrogen (secondary N) is 1. The van der Waals surface area contributed by atoms with E-state index >= 15 is 0 Å². The highest BCUT2D eigenvalue weighted by Crippen LogP contribution is 2.27. The van der Waals surface area contributed by atoms with Gasteiger partial charge in [-0.15, -0.1) is 0 Å². The smallest absolute Gasteiger partial charge is 0.251 e. The highest BCUT2D eigenvalue weighted by molar-refractivity contribution is 5.97. The molecule has 0 spiro atoms. The van der Waals surface area contributed by atoms with Crippen LogP contribution in [0.25, 0.3) is 11.0 Å². The quantitative estimate of drug-likeness (QED) is 0.742. The third kappa shape index (κ3) is 3.25. The molecule has 0 saturated heterocycles. The SMILES string of the molecule is O=C(N[C@@H]1CC(Cn2cccn2)C[C@H]1O)c1ccc2c(=O)ccoc2c1. The third-order valence-electron chi connectivity index (χ3n) is 4.87. The van der Waals surface area contributed by atoms with Crippen molar-refractivity contribution in [2.75, 3.05) is 0 Å². The van der Waals surface area contributed by atoms with Crippen LogP contribution in [-0.4, -0.2) is 32.9 Å². The zero-order valence-electron chi connectivity index (χ0n) is 14.0. The van der Waals surface area contributed by atoms with Crippen molar-refractivity contribution in [2.24, 2.45) is 5.92 Å². The van der Waals surface area contributed by atoms with Gasteiger partial charge in [0.25, 0.3) is 5.91 Å². The summed E-state index contributed by atoms with van der Waals surface area (Å²) < 4.78 is 7.15. The van der Waals surface area contributed by atoms with Crippen molar-refractivity contribution in [3.05, 3.63) is 64.8 Å². The topological polar surface area (TPSA) is 97.4 Å². The molecule has 26 heavy (non-hydrogen) atoms. The summed E-state index contributed by atoms with van der Waals surface area (Å²) in [6, 6.07) is 7.63. The lowest BCUT2D eigenvalue weighted by molar-refractivity contribution is 0.0873. The fraction of sp³-hybridized carbons (Fsp3) is 0.316. The van der Waals surface area contributed by atoms with Crippen molar-refractivity contribution < 1.29 is 14.3 Å². The molecule has 0 bridgehead atoms. The minimum Gasteiger partial charge on any atom is -0.464 e. The van der Waals surface area contributed by atoms with Crippen LogP contribution in [0.4, 0.5) is 0 Å². The number of hydrogen-bond acceptors (Lipinski definition) is 5. The summed E-state index contributed by atoms with van der Waals surface area (Å²) in [5.74, 6) is -0.0352. The third-order valence-corrected chi connectivity index (χ3v) is 4.87. The van der Waals surface area contributed by atoms with Crippen molar-refractivity contribution in [1.29, 1.82) is 0 Å². The van der Waals surface area contributed by atoms with Crippen molar-refractivity contribution in [3.8, 4) is 0 Å². The zero-order valence-corrected chi connectivity index (χ0v) is 14.0. The van der Waals surface area contributed by atoms with Gasteiger partial charge in [-0.25, -0.2) is 0 Å². The minimum absolute atomic E-state index is 0.147. The molecular formula is C19H19N3O4. The predicted octanol–water partition coefficient (Wildman–Crippen LogP) is 1.56. The van der Waals surface area contributed by atoms with E-state index in [1.54, 1.807) is 24.4 Å². The summed E-state index contributed by atoms with van der Waals surface area (Å²) >= 11 is 0. The number of aliphatic hydroxyl groups is 1. The number of benzene rings is 1. The second-order valence-corrected chi connectivity index (χ2v) is 6.71. The van der Waals surface area contributed by atoms with Crippen LogP contribution in [0.5, 0.6) is 0 Å². The Labute approximate surface area is 149 Å². The van der Waals surface area contributed by atoms with Crippen LogP contribution in [0.2, 0.25) is 0 Å². The van der Waals surface area contributed by atoms with Gasteiger partial charge in [-0.2, -0.15) is 5.10 Å². The molecule has 2 aromatic heterocycles. The number of carbonyl (C=O) groups is 1. The number of aromatic nitrogens is 2. The molecule has 0 aliphatic heterocycles. The molecule has 3 aromatic rings. The molecule has 1 unspecified atom stereocenters. The highest BCUT2D eigenvalue weighted by atomic mass is 16.3. The van der Waals surface area contributed by atoms with Gasteiger partial charge < -0.3 is 14.8 Å². The Morgan fingerprint density at radius 2 is 2.23 bits per heavy atom. The Hall–Kier alpha value is -2.93. The molecule has 0 radical (unpaired) electrons. The first-order chi connectivity index (χ1) is 12.6. The fourth-order valence-electron chi connectivity index (χ4n) is 3.57. The first-order valence-corrected chi connectivity index (χ1v) is 8.58. The lowest BCUT2D eigenvalue weighted by atomic mass is 10.1. The van der Waals surface area contributed by atoms with E-state index in [1.165, 1.54) is 12.3 Å². The second-order valence-electron chi connectivity index (χ2n) is 6.71. The molecular weight excluding hydrogens is 334 g/mol. The molecule has 4 rings (SSSR count). The van der Waals surface area contributed by atoms with Crippen LogP contribution < -0.4 is 10.7 Å². The van der Waals surface area contributed by atoms with E-state index in [-0.39, 0.29) is 23.3 Å². The summed E-state index contributed by atoms with van der Waals surface area (Å²) in [6.07, 6.45) is 5.65. The van der Waals surface area contributed by atoms with Crippen molar-refractivity contribution in [1.82, 2.24) is 15.1 Å². The molecule has 7 nitrogen and oxygen atoms in total. The maximum atomic E-state index is 12.5. The number of hydrogen-bond donors (Lipinski definition) is 2. The average molecular weight is 353 g/mol. The van der Waals surface area contributed by atoms with Gasteiger partial charge in [0.05, 0.1) is 23.8 Å². The van der Waals surface area contributed by atoms with Gasteiger partial charge >= 0.3 is 0 Å². The van der Waals surface area contributed by atoms with Crippen LogP contribution in [0, 0.1) is 5.92 Å². The lowest BCUT2D eigenvalue weighted by Gasteiger charge is -2.16. The number of nitrogens with zero attached hydrogens (tertiary/aromatic N) is 2. The van der Waals surface area contributed by atoms with E-state index in [2.05, 4.69) is 10.4 Å². The monoisotopic (exact) mass is 353 g/mol. The summed E-state index contributed by atoms with van der Waals surface area (Å²) in [6.45, 7) is 0.720. The Morgan fingerprint density at radius 3 is 3.04 bits per heavy atom. The first-order valence-electron chi connectivity index (χ1n) is 8.58. The first kappa shape index (κ1) is 16.5. The van der Waals surface area contributed by atoms with Crippen LogP contribution in [0.1, 0.15) is 23.2 Å². The molecule has 1 aromatic carbocycles. The standard InChI is InChI=1S/C19H19N3O4/c23-16-4-7-26-18-10-13(2-3-14(16)18)19(25)21-15-8-12(9-17(15)24)11-22-6-1-5-20-22/h1-7,10,12,15,17,24H,8-9,11H2,(H,21,25)/t12?,15-,17-/m1/s1. The molecule has 3 atom stereocenters. The van der Waals surface area contributed by atoms with E-state index in [9.17, 15) is 14.7 Å². The van der Waals surface area contributed by atoms with E-state index in [1.807, 2.05) is 16.9 Å². The zero-order chi connectivity index (χ0) is 18.1. The molecule has 7 heteroatoms. The van der Waals surface area contributed by atoms with Crippen molar-refractivity contribution in [2.45, 2.75) is 31.5 Å². The van der Waals surface area contributed by atoms with Crippen LogP contribution in [-0.2, 0) is 6.54 Å².